The molecule has 0 aliphatic carbocycles. The van der Waals surface area contributed by atoms with Crippen LogP contribution in [0.4, 0.5) is 0 Å². The van der Waals surface area contributed by atoms with Gasteiger partial charge in [-0.25, -0.2) is 0 Å². The molecule has 0 N–H and O–H groups in total. The molecule has 0 spiro atoms. The van der Waals surface area contributed by atoms with E-state index in [0.29, 0.717) is 0 Å². The van der Waals surface area contributed by atoms with Crippen LogP contribution in [-0.4, -0.2) is 17.0 Å². The van der Waals surface area contributed by atoms with Gasteiger partial charge >= 0.3 is 5.97 Å². The molecule has 0 saturated heterocycles. The lowest BCUT2D eigenvalue weighted by Gasteiger charge is -2.14. The average Bonchev–Trinajstić information content (AvgIpc) is 2.27. The topological polar surface area (TPSA) is 26.3 Å². The second kappa shape index (κ2) is 5.56. The fourth-order valence-corrected chi connectivity index (χ4v) is 1.96. The van der Waals surface area contributed by atoms with Crippen LogP contribution in [0.25, 0.3) is 0 Å². The number of halogens is 2. The lowest BCUT2D eigenvalue weighted by molar-refractivity contribution is -0.139. The van der Waals surface area contributed by atoms with Crippen molar-refractivity contribution in [3.63, 3.8) is 0 Å². The molecule has 76 valence electrons. The first-order chi connectivity index (χ1) is 6.66. The predicted octanol–water partition coefficient (Wildman–Crippen LogP) is 2.94. The summed E-state index contributed by atoms with van der Waals surface area (Å²) >= 11 is 8.11. The third kappa shape index (κ3) is 2.85. The highest BCUT2D eigenvalue weighted by molar-refractivity contribution is 14.1. The summed E-state index contributed by atoms with van der Waals surface area (Å²) in [5, 5.41) is -0.343. The standard InChI is InChI=1S/C10H10ClIO2/c1-14-10(13)9(12)8(11)7-5-3-2-4-6-7/h2-6,8-9H,1H3/t8-,9-/m0/s1. The molecule has 1 aromatic rings. The van der Waals surface area contributed by atoms with Crippen molar-refractivity contribution in [3.05, 3.63) is 35.9 Å². The predicted molar refractivity (Wildman–Crippen MR) is 64.9 cm³/mol. The SMILES string of the molecule is COC(=O)[C@@H](I)[C@@H](Cl)c1ccccc1. The van der Waals surface area contributed by atoms with Crippen LogP contribution in [0.1, 0.15) is 10.9 Å². The second-order valence-corrected chi connectivity index (χ2v) is 4.55. The van der Waals surface area contributed by atoms with Gasteiger partial charge in [-0.1, -0.05) is 52.9 Å². The van der Waals surface area contributed by atoms with Crippen LogP contribution in [0.2, 0.25) is 0 Å². The third-order valence-corrected chi connectivity index (χ3v) is 3.96. The molecule has 0 aliphatic heterocycles. The number of carbonyl (C=O) groups is 1. The van der Waals surface area contributed by atoms with Crippen molar-refractivity contribution in [1.29, 1.82) is 0 Å². The highest BCUT2D eigenvalue weighted by Crippen LogP contribution is 2.29. The van der Waals surface area contributed by atoms with Gasteiger partial charge < -0.3 is 4.74 Å². The van der Waals surface area contributed by atoms with Crippen LogP contribution < -0.4 is 0 Å². The molecule has 1 aromatic carbocycles. The Morgan fingerprint density at radius 1 is 1.43 bits per heavy atom. The molecule has 2 nitrogen and oxygen atoms in total. The van der Waals surface area contributed by atoms with Crippen molar-refractivity contribution in [3.8, 4) is 0 Å². The quantitative estimate of drug-likeness (QED) is 0.485. The van der Waals surface area contributed by atoms with Gasteiger partial charge in [0, 0.05) is 0 Å². The van der Waals surface area contributed by atoms with Crippen molar-refractivity contribution < 1.29 is 9.53 Å². The van der Waals surface area contributed by atoms with E-state index in [1.54, 1.807) is 0 Å². The van der Waals surface area contributed by atoms with Gasteiger partial charge in [-0.15, -0.1) is 11.6 Å². The summed E-state index contributed by atoms with van der Waals surface area (Å²) in [7, 11) is 1.36. The van der Waals surface area contributed by atoms with E-state index in [1.165, 1.54) is 7.11 Å². The number of methoxy groups -OCH3 is 1. The number of benzene rings is 1. The summed E-state index contributed by atoms with van der Waals surface area (Å²) in [6, 6.07) is 9.49. The van der Waals surface area contributed by atoms with Gasteiger partial charge in [-0.2, -0.15) is 0 Å². The van der Waals surface area contributed by atoms with Gasteiger partial charge in [-0.3, -0.25) is 4.79 Å². The van der Waals surface area contributed by atoms with Gasteiger partial charge in [-0.05, 0) is 5.56 Å². The summed E-state index contributed by atoms with van der Waals surface area (Å²) in [6.45, 7) is 0. The molecule has 4 heteroatoms. The fourth-order valence-electron chi connectivity index (χ4n) is 1.04. The smallest absolute Gasteiger partial charge is 0.320 e. The summed E-state index contributed by atoms with van der Waals surface area (Å²) in [5.74, 6) is -0.297. The molecular formula is C10H10ClIO2. The molecule has 14 heavy (non-hydrogen) atoms. The Hall–Kier alpha value is -0.290. The first-order valence-corrected chi connectivity index (χ1v) is 5.76. The molecule has 0 saturated carbocycles. The molecule has 0 aliphatic rings. The highest BCUT2D eigenvalue weighted by atomic mass is 127. The van der Waals surface area contributed by atoms with E-state index in [0.717, 1.165) is 5.56 Å². The van der Waals surface area contributed by atoms with Crippen LogP contribution in [0, 0.1) is 0 Å². The number of ether oxygens (including phenoxy) is 1. The van der Waals surface area contributed by atoms with Crippen molar-refractivity contribution in [1.82, 2.24) is 0 Å². The van der Waals surface area contributed by atoms with Crippen molar-refractivity contribution in [2.45, 2.75) is 9.30 Å². The Labute approximate surface area is 102 Å². The van der Waals surface area contributed by atoms with Gasteiger partial charge in [0.2, 0.25) is 0 Å². The minimum atomic E-state index is -0.360. The third-order valence-electron chi connectivity index (χ3n) is 1.80. The molecule has 2 atom stereocenters. The largest absolute Gasteiger partial charge is 0.468 e. The number of hydrogen-bond donors (Lipinski definition) is 0. The molecule has 0 aromatic heterocycles. The van der Waals surface area contributed by atoms with Gasteiger partial charge in [0.15, 0.2) is 0 Å². The van der Waals surface area contributed by atoms with Crippen LogP contribution in [-0.2, 0) is 9.53 Å². The minimum absolute atomic E-state index is 0.297. The Bertz CT molecular complexity index is 302. The first kappa shape index (κ1) is 11.8. The zero-order valence-electron chi connectivity index (χ0n) is 7.61. The summed E-state index contributed by atoms with van der Waals surface area (Å²) < 4.78 is 4.26. The van der Waals surface area contributed by atoms with E-state index < -0.39 is 0 Å². The van der Waals surface area contributed by atoms with Gasteiger partial charge in [0.05, 0.1) is 12.5 Å². The Morgan fingerprint density at radius 2 is 2.00 bits per heavy atom. The number of hydrogen-bond acceptors (Lipinski definition) is 2. The summed E-state index contributed by atoms with van der Waals surface area (Å²) in [4.78, 5) is 11.2. The van der Waals surface area contributed by atoms with Crippen LogP contribution in [0.5, 0.6) is 0 Å². The number of rotatable bonds is 3. The maximum Gasteiger partial charge on any atom is 0.320 e. The van der Waals surface area contributed by atoms with E-state index in [9.17, 15) is 4.79 Å². The van der Waals surface area contributed by atoms with Crippen molar-refractivity contribution in [2.75, 3.05) is 7.11 Å². The Morgan fingerprint density at radius 3 is 2.50 bits per heavy atom. The maximum atomic E-state index is 11.2. The molecule has 0 heterocycles. The molecular weight excluding hydrogens is 314 g/mol. The van der Waals surface area contributed by atoms with E-state index >= 15 is 0 Å². The fraction of sp³-hybridized carbons (Fsp3) is 0.300. The number of alkyl halides is 2. The monoisotopic (exact) mass is 324 g/mol. The summed E-state index contributed by atoms with van der Waals surface area (Å²) in [5.41, 5.74) is 0.930. The molecule has 0 amide bonds. The number of esters is 1. The van der Waals surface area contributed by atoms with E-state index in [2.05, 4.69) is 4.74 Å². The Balaban J connectivity index is 2.75. The minimum Gasteiger partial charge on any atom is -0.468 e. The zero-order chi connectivity index (χ0) is 10.6. The van der Waals surface area contributed by atoms with Crippen molar-refractivity contribution in [2.24, 2.45) is 0 Å². The molecule has 0 unspecified atom stereocenters. The highest BCUT2D eigenvalue weighted by Gasteiger charge is 2.25. The normalized spacial score (nSPS) is 14.5. The molecule has 0 bridgehead atoms. The zero-order valence-corrected chi connectivity index (χ0v) is 10.5. The maximum absolute atomic E-state index is 11.2. The van der Waals surface area contributed by atoms with Crippen molar-refractivity contribution >= 4 is 40.2 Å². The lowest BCUT2D eigenvalue weighted by atomic mass is 10.1. The van der Waals surface area contributed by atoms with Gasteiger partial charge in [0.1, 0.15) is 3.92 Å². The van der Waals surface area contributed by atoms with E-state index in [4.69, 9.17) is 11.6 Å². The molecule has 0 fully saturated rings. The first-order valence-electron chi connectivity index (χ1n) is 4.07. The van der Waals surface area contributed by atoms with E-state index in [-0.39, 0.29) is 15.3 Å². The summed E-state index contributed by atoms with van der Waals surface area (Å²) in [6.07, 6.45) is 0. The lowest BCUT2D eigenvalue weighted by Crippen LogP contribution is -2.20. The van der Waals surface area contributed by atoms with Crippen LogP contribution >= 0.6 is 34.2 Å². The molecule has 1 rings (SSSR count). The second-order valence-electron chi connectivity index (χ2n) is 2.74. The van der Waals surface area contributed by atoms with Crippen LogP contribution in [0.3, 0.4) is 0 Å². The average molecular weight is 325 g/mol. The van der Waals surface area contributed by atoms with Crippen LogP contribution in [0.15, 0.2) is 30.3 Å². The number of carbonyl (C=O) groups excluding carboxylic acids is 1. The molecule has 0 radical (unpaired) electrons. The Kier molecular flexibility index (Phi) is 4.68. The van der Waals surface area contributed by atoms with Gasteiger partial charge in [0.25, 0.3) is 0 Å². The van der Waals surface area contributed by atoms with E-state index in [1.807, 2.05) is 52.9 Å².